The molecule has 0 N–H and O–H groups in total. The first-order chi connectivity index (χ1) is 7.61. The van der Waals surface area contributed by atoms with Gasteiger partial charge in [0.05, 0.1) is 6.26 Å². The van der Waals surface area contributed by atoms with Crippen molar-refractivity contribution in [3.8, 4) is 0 Å². The van der Waals surface area contributed by atoms with Gasteiger partial charge in [0, 0.05) is 6.42 Å². The lowest BCUT2D eigenvalue weighted by atomic mass is 10.1. The molecule has 0 aromatic rings. The maximum Gasteiger partial charge on any atom is 0.159 e. The molecule has 0 saturated carbocycles. The van der Waals surface area contributed by atoms with Crippen LogP contribution in [0.4, 0.5) is 0 Å². The molecule has 0 unspecified atom stereocenters. The van der Waals surface area contributed by atoms with Gasteiger partial charge in [0.2, 0.25) is 0 Å². The van der Waals surface area contributed by atoms with E-state index in [9.17, 15) is 4.79 Å². The van der Waals surface area contributed by atoms with Gasteiger partial charge in [0.25, 0.3) is 0 Å². The van der Waals surface area contributed by atoms with Crippen molar-refractivity contribution in [3.63, 3.8) is 0 Å². The predicted octanol–water partition coefficient (Wildman–Crippen LogP) is 3.55. The summed E-state index contributed by atoms with van der Waals surface area (Å²) in [5, 5.41) is 0. The molecule has 0 aliphatic heterocycles. The summed E-state index contributed by atoms with van der Waals surface area (Å²) in [5.74, 6) is 0.328. The molecule has 88 valence electrons. The number of hydrogen-bond donors (Lipinski definition) is 0. The van der Waals surface area contributed by atoms with Gasteiger partial charge in [-0.05, 0) is 50.3 Å². The number of Topliss-reactive ketones (excluding diaryl/α,β-unsaturated/α-hetero) is 1. The largest absolute Gasteiger partial charge is 0.497 e. The summed E-state index contributed by atoms with van der Waals surface area (Å²) in [4.78, 5) is 11.5. The average molecular weight is 220 g/mol. The maximum atomic E-state index is 11.5. The second-order valence-electron chi connectivity index (χ2n) is 4.36. The van der Waals surface area contributed by atoms with E-state index in [0.717, 1.165) is 30.4 Å². The Morgan fingerprint density at radius 1 is 1.50 bits per heavy atom. The summed E-state index contributed by atoms with van der Waals surface area (Å²) in [7, 11) is 0. The van der Waals surface area contributed by atoms with E-state index in [4.69, 9.17) is 4.74 Å². The molecule has 0 heterocycles. The standard InChI is InChI=1S/C14H20O2/c1-11(2)10-16-9-5-4-6-13-12(3)7-8-14(13)15/h5,9H,1,4,6-8,10H2,2-3H3/b9-5+. The third-order valence-electron chi connectivity index (χ3n) is 2.66. The van der Waals surface area contributed by atoms with Crippen LogP contribution in [0.1, 0.15) is 39.5 Å². The van der Waals surface area contributed by atoms with Gasteiger partial charge in [-0.3, -0.25) is 4.79 Å². The molecule has 0 aromatic heterocycles. The molecule has 1 aliphatic rings. The van der Waals surface area contributed by atoms with E-state index in [0.29, 0.717) is 18.8 Å². The van der Waals surface area contributed by atoms with E-state index in [1.165, 1.54) is 5.57 Å². The summed E-state index contributed by atoms with van der Waals surface area (Å²) in [6.45, 7) is 8.30. The van der Waals surface area contributed by atoms with E-state index in [-0.39, 0.29) is 0 Å². The van der Waals surface area contributed by atoms with E-state index in [1.807, 2.05) is 13.0 Å². The maximum absolute atomic E-state index is 11.5. The number of carbonyl (C=O) groups is 1. The van der Waals surface area contributed by atoms with Gasteiger partial charge in [-0.1, -0.05) is 12.2 Å². The molecule has 0 atom stereocenters. The fourth-order valence-electron chi connectivity index (χ4n) is 1.75. The highest BCUT2D eigenvalue weighted by atomic mass is 16.5. The van der Waals surface area contributed by atoms with E-state index in [2.05, 4.69) is 13.5 Å². The molecular weight excluding hydrogens is 200 g/mol. The number of hydrogen-bond acceptors (Lipinski definition) is 2. The first-order valence-corrected chi connectivity index (χ1v) is 5.74. The SMILES string of the molecule is C=C(C)CO/C=C/CCC1=C(C)CCC1=O. The van der Waals surface area contributed by atoms with Gasteiger partial charge < -0.3 is 4.74 Å². The van der Waals surface area contributed by atoms with Crippen molar-refractivity contribution in [3.05, 3.63) is 35.6 Å². The minimum atomic E-state index is 0.328. The normalized spacial score (nSPS) is 16.2. The van der Waals surface area contributed by atoms with Gasteiger partial charge in [0.15, 0.2) is 5.78 Å². The van der Waals surface area contributed by atoms with Crippen molar-refractivity contribution in [1.82, 2.24) is 0 Å². The molecule has 0 radical (unpaired) electrons. The van der Waals surface area contributed by atoms with Crippen LogP contribution in [0.25, 0.3) is 0 Å². The van der Waals surface area contributed by atoms with Gasteiger partial charge in [-0.15, -0.1) is 0 Å². The number of ether oxygens (including phenoxy) is 1. The average Bonchev–Trinajstić information content (AvgIpc) is 2.53. The second-order valence-corrected chi connectivity index (χ2v) is 4.36. The van der Waals surface area contributed by atoms with E-state index >= 15 is 0 Å². The molecule has 1 aliphatic carbocycles. The van der Waals surface area contributed by atoms with Crippen LogP contribution >= 0.6 is 0 Å². The molecule has 0 fully saturated rings. The molecule has 0 saturated heterocycles. The Morgan fingerprint density at radius 2 is 2.25 bits per heavy atom. The van der Waals surface area contributed by atoms with Gasteiger partial charge >= 0.3 is 0 Å². The number of rotatable bonds is 6. The van der Waals surface area contributed by atoms with Crippen molar-refractivity contribution in [1.29, 1.82) is 0 Å². The van der Waals surface area contributed by atoms with Gasteiger partial charge in [-0.2, -0.15) is 0 Å². The first-order valence-electron chi connectivity index (χ1n) is 5.74. The molecule has 16 heavy (non-hydrogen) atoms. The lowest BCUT2D eigenvalue weighted by Crippen LogP contribution is -1.95. The lowest BCUT2D eigenvalue weighted by Gasteiger charge is -2.00. The minimum Gasteiger partial charge on any atom is -0.497 e. The number of ketones is 1. The summed E-state index contributed by atoms with van der Waals surface area (Å²) in [5.41, 5.74) is 3.31. The molecule has 0 amide bonds. The topological polar surface area (TPSA) is 26.3 Å². The van der Waals surface area contributed by atoms with Crippen molar-refractivity contribution < 1.29 is 9.53 Å². The highest BCUT2D eigenvalue weighted by Gasteiger charge is 2.18. The van der Waals surface area contributed by atoms with Crippen LogP contribution in [0.3, 0.4) is 0 Å². The smallest absolute Gasteiger partial charge is 0.159 e. The molecule has 2 nitrogen and oxygen atoms in total. The molecule has 0 bridgehead atoms. The fourth-order valence-corrected chi connectivity index (χ4v) is 1.75. The fraction of sp³-hybridized carbons (Fsp3) is 0.500. The Labute approximate surface area is 97.7 Å². The van der Waals surface area contributed by atoms with E-state index in [1.54, 1.807) is 6.26 Å². The highest BCUT2D eigenvalue weighted by molar-refractivity contribution is 5.98. The second kappa shape index (κ2) is 6.31. The Hall–Kier alpha value is -1.31. The van der Waals surface area contributed by atoms with Crippen molar-refractivity contribution in [2.45, 2.75) is 39.5 Å². The number of allylic oxidation sites excluding steroid dienone is 3. The zero-order chi connectivity index (χ0) is 12.0. The molecule has 0 spiro atoms. The van der Waals surface area contributed by atoms with Crippen LogP contribution in [-0.4, -0.2) is 12.4 Å². The number of carbonyl (C=O) groups excluding carboxylic acids is 1. The van der Waals surface area contributed by atoms with Crippen LogP contribution in [0.5, 0.6) is 0 Å². The van der Waals surface area contributed by atoms with Gasteiger partial charge in [0.1, 0.15) is 6.61 Å². The molecule has 1 rings (SSSR count). The first kappa shape index (κ1) is 12.8. The Kier molecular flexibility index (Phi) is 5.03. The Morgan fingerprint density at radius 3 is 2.81 bits per heavy atom. The van der Waals surface area contributed by atoms with Crippen molar-refractivity contribution in [2.75, 3.05) is 6.61 Å². The third-order valence-corrected chi connectivity index (χ3v) is 2.66. The van der Waals surface area contributed by atoms with Crippen LogP contribution < -0.4 is 0 Å². The third kappa shape index (κ3) is 4.05. The van der Waals surface area contributed by atoms with Crippen LogP contribution in [0, 0.1) is 0 Å². The van der Waals surface area contributed by atoms with Crippen LogP contribution in [-0.2, 0) is 9.53 Å². The Bertz CT molecular complexity index is 335. The van der Waals surface area contributed by atoms with Crippen LogP contribution in [0.15, 0.2) is 35.6 Å². The monoisotopic (exact) mass is 220 g/mol. The van der Waals surface area contributed by atoms with Crippen molar-refractivity contribution >= 4 is 5.78 Å². The summed E-state index contributed by atoms with van der Waals surface area (Å²) >= 11 is 0. The zero-order valence-electron chi connectivity index (χ0n) is 10.2. The Balaban J connectivity index is 2.23. The van der Waals surface area contributed by atoms with Crippen LogP contribution in [0.2, 0.25) is 0 Å². The summed E-state index contributed by atoms with van der Waals surface area (Å²) in [6.07, 6.45) is 7.03. The summed E-state index contributed by atoms with van der Waals surface area (Å²) in [6, 6.07) is 0. The molecule has 0 aromatic carbocycles. The highest BCUT2D eigenvalue weighted by Crippen LogP contribution is 2.25. The van der Waals surface area contributed by atoms with E-state index < -0.39 is 0 Å². The molecular formula is C14H20O2. The predicted molar refractivity (Wildman–Crippen MR) is 66.1 cm³/mol. The zero-order valence-corrected chi connectivity index (χ0v) is 10.2. The van der Waals surface area contributed by atoms with Gasteiger partial charge in [-0.25, -0.2) is 0 Å². The van der Waals surface area contributed by atoms with Crippen molar-refractivity contribution in [2.24, 2.45) is 0 Å². The minimum absolute atomic E-state index is 0.328. The molecule has 2 heteroatoms. The lowest BCUT2D eigenvalue weighted by molar-refractivity contribution is -0.115. The summed E-state index contributed by atoms with van der Waals surface area (Å²) < 4.78 is 5.23. The quantitative estimate of drug-likeness (QED) is 0.505.